The number of likely N-dealkylation sites (tertiary alicyclic amines) is 1. The standard InChI is InChI=1S/C17H34N4/c1-6-18-16(19-13-17(2,3)20(4)5)21-11-14-9-7-8-10-15(14)12-21/h14-15H,6-13H2,1-5H3,(H,18,19). The highest BCUT2D eigenvalue weighted by atomic mass is 15.3. The molecule has 1 N–H and O–H groups in total. The third-order valence-electron chi connectivity index (χ3n) is 5.44. The van der Waals surface area contributed by atoms with Crippen molar-refractivity contribution in [3.05, 3.63) is 0 Å². The highest BCUT2D eigenvalue weighted by Crippen LogP contribution is 2.35. The molecular formula is C17H34N4. The molecule has 1 aliphatic heterocycles. The second-order valence-electron chi connectivity index (χ2n) is 7.59. The van der Waals surface area contributed by atoms with Gasteiger partial charge < -0.3 is 15.1 Å². The molecule has 0 spiro atoms. The number of nitrogens with one attached hydrogen (secondary N) is 1. The van der Waals surface area contributed by atoms with Crippen molar-refractivity contribution in [2.45, 2.75) is 52.0 Å². The first-order valence-electron chi connectivity index (χ1n) is 8.64. The minimum absolute atomic E-state index is 0.104. The summed E-state index contributed by atoms with van der Waals surface area (Å²) in [4.78, 5) is 9.70. The second-order valence-corrected chi connectivity index (χ2v) is 7.59. The number of fused-ring (bicyclic) bond motifs is 1. The molecule has 0 aromatic carbocycles. The second kappa shape index (κ2) is 6.99. The average molecular weight is 294 g/mol. The van der Waals surface area contributed by atoms with Gasteiger partial charge in [0.25, 0.3) is 0 Å². The predicted octanol–water partition coefficient (Wildman–Crippen LogP) is 2.41. The highest BCUT2D eigenvalue weighted by Gasteiger charge is 2.35. The van der Waals surface area contributed by atoms with E-state index in [1.165, 1.54) is 38.8 Å². The fourth-order valence-corrected chi connectivity index (χ4v) is 3.41. The molecule has 2 fully saturated rings. The molecule has 0 aromatic rings. The van der Waals surface area contributed by atoms with Crippen LogP contribution in [0.3, 0.4) is 0 Å². The molecule has 0 aromatic heterocycles. The van der Waals surface area contributed by atoms with Gasteiger partial charge in [-0.25, -0.2) is 0 Å². The van der Waals surface area contributed by atoms with Gasteiger partial charge in [0.1, 0.15) is 0 Å². The molecule has 4 heteroatoms. The molecule has 21 heavy (non-hydrogen) atoms. The first-order chi connectivity index (χ1) is 9.94. The van der Waals surface area contributed by atoms with Crippen molar-refractivity contribution < 1.29 is 0 Å². The van der Waals surface area contributed by atoms with Crippen molar-refractivity contribution >= 4 is 5.96 Å². The molecule has 0 bridgehead atoms. The summed E-state index contributed by atoms with van der Waals surface area (Å²) in [6.07, 6.45) is 5.69. The van der Waals surface area contributed by atoms with Gasteiger partial charge in [-0.15, -0.1) is 0 Å². The van der Waals surface area contributed by atoms with Crippen LogP contribution in [-0.4, -0.2) is 61.6 Å². The average Bonchev–Trinajstić information content (AvgIpc) is 2.86. The number of hydrogen-bond donors (Lipinski definition) is 1. The topological polar surface area (TPSA) is 30.9 Å². The van der Waals surface area contributed by atoms with Crippen LogP contribution >= 0.6 is 0 Å². The van der Waals surface area contributed by atoms with Gasteiger partial charge in [0.2, 0.25) is 0 Å². The molecule has 4 nitrogen and oxygen atoms in total. The molecule has 2 rings (SSSR count). The van der Waals surface area contributed by atoms with E-state index in [4.69, 9.17) is 4.99 Å². The number of guanidine groups is 1. The van der Waals surface area contributed by atoms with Crippen LogP contribution in [0.15, 0.2) is 4.99 Å². The summed E-state index contributed by atoms with van der Waals surface area (Å²) in [6.45, 7) is 10.9. The fourth-order valence-electron chi connectivity index (χ4n) is 3.41. The zero-order valence-electron chi connectivity index (χ0n) is 14.7. The lowest BCUT2D eigenvalue weighted by molar-refractivity contribution is 0.204. The molecule has 0 amide bonds. The van der Waals surface area contributed by atoms with Crippen molar-refractivity contribution in [1.29, 1.82) is 0 Å². The third-order valence-corrected chi connectivity index (χ3v) is 5.44. The third kappa shape index (κ3) is 4.12. The number of nitrogens with zero attached hydrogens (tertiary/aromatic N) is 3. The largest absolute Gasteiger partial charge is 0.357 e. The van der Waals surface area contributed by atoms with Crippen LogP contribution in [-0.2, 0) is 0 Å². The molecule has 2 aliphatic rings. The summed E-state index contributed by atoms with van der Waals surface area (Å²) < 4.78 is 0. The first-order valence-corrected chi connectivity index (χ1v) is 8.64. The van der Waals surface area contributed by atoms with E-state index >= 15 is 0 Å². The van der Waals surface area contributed by atoms with E-state index in [1.54, 1.807) is 0 Å². The van der Waals surface area contributed by atoms with Crippen molar-refractivity contribution in [2.24, 2.45) is 16.8 Å². The van der Waals surface area contributed by atoms with E-state index in [-0.39, 0.29) is 5.54 Å². The summed E-state index contributed by atoms with van der Waals surface area (Å²) in [5.41, 5.74) is 0.104. The van der Waals surface area contributed by atoms with E-state index in [2.05, 4.69) is 50.0 Å². The summed E-state index contributed by atoms with van der Waals surface area (Å²) in [6, 6.07) is 0. The van der Waals surface area contributed by atoms with E-state index < -0.39 is 0 Å². The number of rotatable bonds is 4. The molecule has 1 aliphatic carbocycles. The van der Waals surface area contributed by atoms with Gasteiger partial charge in [0.05, 0.1) is 6.54 Å². The molecule has 122 valence electrons. The van der Waals surface area contributed by atoms with Crippen LogP contribution in [0, 0.1) is 11.8 Å². The Morgan fingerprint density at radius 2 is 1.76 bits per heavy atom. The van der Waals surface area contributed by atoms with Crippen LogP contribution in [0.1, 0.15) is 46.5 Å². The summed E-state index contributed by atoms with van der Waals surface area (Å²) in [7, 11) is 4.26. The maximum absolute atomic E-state index is 4.94. The molecule has 1 saturated carbocycles. The number of likely N-dealkylation sites (N-methyl/N-ethyl adjacent to an activating group) is 1. The van der Waals surface area contributed by atoms with Gasteiger partial charge in [-0.2, -0.15) is 0 Å². The normalized spacial score (nSPS) is 27.1. The molecule has 1 saturated heterocycles. The lowest BCUT2D eigenvalue weighted by Gasteiger charge is -2.32. The zero-order chi connectivity index (χ0) is 15.5. The molecular weight excluding hydrogens is 260 g/mol. The quantitative estimate of drug-likeness (QED) is 0.638. The first kappa shape index (κ1) is 16.6. The van der Waals surface area contributed by atoms with E-state index in [0.29, 0.717) is 0 Å². The SMILES string of the molecule is CCNC(=NCC(C)(C)N(C)C)N1CC2CCCCC2C1. The Balaban J connectivity index is 2.01. The smallest absolute Gasteiger partial charge is 0.193 e. The van der Waals surface area contributed by atoms with Crippen LogP contribution in [0.5, 0.6) is 0 Å². The van der Waals surface area contributed by atoms with Crippen LogP contribution < -0.4 is 5.32 Å². The maximum atomic E-state index is 4.94. The summed E-state index contributed by atoms with van der Waals surface area (Å²) in [5.74, 6) is 2.94. The predicted molar refractivity (Wildman–Crippen MR) is 90.8 cm³/mol. The summed E-state index contributed by atoms with van der Waals surface area (Å²) >= 11 is 0. The van der Waals surface area contributed by atoms with Gasteiger partial charge >= 0.3 is 0 Å². The van der Waals surface area contributed by atoms with Gasteiger partial charge in [0, 0.05) is 25.2 Å². The Morgan fingerprint density at radius 3 is 2.24 bits per heavy atom. The van der Waals surface area contributed by atoms with E-state index in [1.807, 2.05) is 0 Å². The van der Waals surface area contributed by atoms with Crippen molar-refractivity contribution in [2.75, 3.05) is 40.3 Å². The number of hydrogen-bond acceptors (Lipinski definition) is 2. The van der Waals surface area contributed by atoms with Crippen molar-refractivity contribution in [1.82, 2.24) is 15.1 Å². The highest BCUT2D eigenvalue weighted by molar-refractivity contribution is 5.80. The van der Waals surface area contributed by atoms with Gasteiger partial charge in [-0.1, -0.05) is 12.8 Å². The fraction of sp³-hybridized carbons (Fsp3) is 0.941. The monoisotopic (exact) mass is 294 g/mol. The Labute approximate surface area is 131 Å². The van der Waals surface area contributed by atoms with Gasteiger partial charge in [0.15, 0.2) is 5.96 Å². The van der Waals surface area contributed by atoms with Crippen molar-refractivity contribution in [3.8, 4) is 0 Å². The summed E-state index contributed by atoms with van der Waals surface area (Å²) in [5, 5.41) is 3.50. The van der Waals surface area contributed by atoms with Crippen molar-refractivity contribution in [3.63, 3.8) is 0 Å². The van der Waals surface area contributed by atoms with E-state index in [0.717, 1.165) is 30.9 Å². The maximum Gasteiger partial charge on any atom is 0.193 e. The van der Waals surface area contributed by atoms with Crippen LogP contribution in [0.25, 0.3) is 0 Å². The molecule has 0 radical (unpaired) electrons. The van der Waals surface area contributed by atoms with Crippen LogP contribution in [0.4, 0.5) is 0 Å². The van der Waals surface area contributed by atoms with Gasteiger partial charge in [-0.05, 0) is 59.5 Å². The molecule has 1 heterocycles. The van der Waals surface area contributed by atoms with Crippen LogP contribution in [0.2, 0.25) is 0 Å². The van der Waals surface area contributed by atoms with Gasteiger partial charge in [-0.3, -0.25) is 4.99 Å². The van der Waals surface area contributed by atoms with E-state index in [9.17, 15) is 0 Å². The molecule has 2 atom stereocenters. The minimum atomic E-state index is 0.104. The Bertz CT molecular complexity index is 348. The minimum Gasteiger partial charge on any atom is -0.357 e. The Kier molecular flexibility index (Phi) is 5.53. The molecule has 2 unspecified atom stereocenters. The lowest BCUT2D eigenvalue weighted by atomic mass is 9.82. The number of aliphatic imine (C=N–C) groups is 1. The Morgan fingerprint density at radius 1 is 1.19 bits per heavy atom. The Hall–Kier alpha value is -0.770. The lowest BCUT2D eigenvalue weighted by Crippen LogP contribution is -2.44. The zero-order valence-corrected chi connectivity index (χ0v) is 14.7.